The number of aromatic nitrogens is 2. The normalized spacial score (nSPS) is 21.9. The third-order valence-electron chi connectivity index (χ3n) is 5.24. The van der Waals surface area contributed by atoms with Gasteiger partial charge in [-0.2, -0.15) is 0 Å². The number of likely N-dealkylation sites (tertiary alicyclic amines) is 1. The summed E-state index contributed by atoms with van der Waals surface area (Å²) in [4.78, 5) is 6.86. The first kappa shape index (κ1) is 17.2. The highest BCUT2D eigenvalue weighted by molar-refractivity contribution is 5.16. The smallest absolute Gasteiger partial charge is 0.0951 e. The first-order valence-corrected chi connectivity index (χ1v) is 9.11. The molecular formula is C20H29N3O. The molecule has 0 aliphatic carbocycles. The fraction of sp³-hybridized carbons (Fsp3) is 0.550. The minimum Gasteiger partial charge on any atom is -0.396 e. The lowest BCUT2D eigenvalue weighted by Gasteiger charge is -2.42. The van der Waals surface area contributed by atoms with E-state index >= 15 is 0 Å². The molecule has 1 aliphatic heterocycles. The van der Waals surface area contributed by atoms with Crippen LogP contribution in [0.2, 0.25) is 0 Å². The van der Waals surface area contributed by atoms with Crippen molar-refractivity contribution in [3.63, 3.8) is 0 Å². The summed E-state index contributed by atoms with van der Waals surface area (Å²) in [5.74, 6) is 0. The van der Waals surface area contributed by atoms with E-state index in [0.717, 1.165) is 45.4 Å². The van der Waals surface area contributed by atoms with Gasteiger partial charge >= 0.3 is 0 Å². The maximum Gasteiger partial charge on any atom is 0.0951 e. The number of benzene rings is 1. The zero-order valence-corrected chi connectivity index (χ0v) is 14.7. The molecule has 1 aromatic heterocycles. The number of aliphatic hydroxyl groups is 1. The Morgan fingerprint density at radius 3 is 2.79 bits per heavy atom. The number of imidazole rings is 1. The zero-order valence-electron chi connectivity index (χ0n) is 14.7. The van der Waals surface area contributed by atoms with E-state index in [-0.39, 0.29) is 5.41 Å². The molecule has 0 radical (unpaired) electrons. The molecule has 0 unspecified atom stereocenters. The summed E-state index contributed by atoms with van der Waals surface area (Å²) in [6, 6.07) is 10.5. The molecule has 1 saturated heterocycles. The fourth-order valence-corrected chi connectivity index (χ4v) is 4.02. The minimum atomic E-state index is 0.0945. The standard InChI is InChI=1S/C20H29N3O/c1-2-9-20(16-24)10-6-11-22(15-20)14-19-12-21-17-23(19)13-18-7-4-3-5-8-18/h3-5,7-8,12,17,24H,2,6,9-11,13-16H2,1H3/t20-/m1/s1. The molecule has 1 aliphatic rings. The summed E-state index contributed by atoms with van der Waals surface area (Å²) in [7, 11) is 0. The van der Waals surface area contributed by atoms with Gasteiger partial charge in [-0.05, 0) is 31.4 Å². The van der Waals surface area contributed by atoms with E-state index in [2.05, 4.69) is 45.6 Å². The predicted octanol–water partition coefficient (Wildman–Crippen LogP) is 3.31. The summed E-state index contributed by atoms with van der Waals surface area (Å²) >= 11 is 0. The first-order valence-electron chi connectivity index (χ1n) is 9.11. The summed E-state index contributed by atoms with van der Waals surface area (Å²) < 4.78 is 2.24. The van der Waals surface area contributed by atoms with Crippen LogP contribution in [-0.4, -0.2) is 39.3 Å². The predicted molar refractivity (Wildman–Crippen MR) is 96.7 cm³/mol. The van der Waals surface area contributed by atoms with E-state index in [1.807, 2.05) is 18.6 Å². The number of hydrogen-bond donors (Lipinski definition) is 1. The van der Waals surface area contributed by atoms with Gasteiger partial charge in [-0.25, -0.2) is 4.98 Å². The number of hydrogen-bond acceptors (Lipinski definition) is 3. The SMILES string of the molecule is CCC[C@@]1(CO)CCCN(Cc2cncn2Cc2ccccc2)C1. The van der Waals surface area contributed by atoms with Crippen molar-refractivity contribution in [2.45, 2.75) is 45.7 Å². The van der Waals surface area contributed by atoms with E-state index in [1.165, 1.54) is 17.7 Å². The average molecular weight is 327 g/mol. The number of rotatable bonds is 7. The van der Waals surface area contributed by atoms with Gasteiger partial charge in [-0.15, -0.1) is 0 Å². The maximum absolute atomic E-state index is 9.92. The molecule has 0 amide bonds. The maximum atomic E-state index is 9.92. The third kappa shape index (κ3) is 4.05. The van der Waals surface area contributed by atoms with Gasteiger partial charge in [0, 0.05) is 37.9 Å². The van der Waals surface area contributed by atoms with Crippen LogP contribution in [-0.2, 0) is 13.1 Å². The molecule has 2 heterocycles. The number of nitrogens with zero attached hydrogens (tertiary/aromatic N) is 3. The van der Waals surface area contributed by atoms with Crippen molar-refractivity contribution in [1.29, 1.82) is 0 Å². The van der Waals surface area contributed by atoms with E-state index in [4.69, 9.17) is 0 Å². The van der Waals surface area contributed by atoms with Crippen molar-refractivity contribution in [3.05, 3.63) is 54.1 Å². The van der Waals surface area contributed by atoms with Crippen LogP contribution in [0.4, 0.5) is 0 Å². The molecule has 4 nitrogen and oxygen atoms in total. The van der Waals surface area contributed by atoms with Crippen LogP contribution in [0.15, 0.2) is 42.9 Å². The van der Waals surface area contributed by atoms with Crippen molar-refractivity contribution in [2.75, 3.05) is 19.7 Å². The molecule has 0 saturated carbocycles. The zero-order chi connectivity index (χ0) is 16.8. The van der Waals surface area contributed by atoms with E-state index in [1.54, 1.807) is 0 Å². The molecule has 24 heavy (non-hydrogen) atoms. The van der Waals surface area contributed by atoms with Crippen molar-refractivity contribution < 1.29 is 5.11 Å². The Balaban J connectivity index is 1.67. The van der Waals surface area contributed by atoms with E-state index < -0.39 is 0 Å². The molecule has 1 aromatic carbocycles. The number of piperidine rings is 1. The Hall–Kier alpha value is -1.65. The topological polar surface area (TPSA) is 41.3 Å². The van der Waals surface area contributed by atoms with Crippen LogP contribution in [0.25, 0.3) is 0 Å². The summed E-state index contributed by atoms with van der Waals surface area (Å²) in [6.07, 6.45) is 8.49. The number of aliphatic hydroxyl groups excluding tert-OH is 1. The van der Waals surface area contributed by atoms with Gasteiger partial charge < -0.3 is 9.67 Å². The second kappa shape index (κ2) is 7.95. The first-order chi connectivity index (χ1) is 11.7. The Bertz CT molecular complexity index is 621. The van der Waals surface area contributed by atoms with E-state index in [9.17, 15) is 5.11 Å². The molecule has 1 N–H and O–H groups in total. The minimum absolute atomic E-state index is 0.0945. The monoisotopic (exact) mass is 327 g/mol. The highest BCUT2D eigenvalue weighted by Gasteiger charge is 2.34. The van der Waals surface area contributed by atoms with Gasteiger partial charge in [0.05, 0.1) is 12.0 Å². The fourth-order valence-electron chi connectivity index (χ4n) is 4.02. The highest BCUT2D eigenvalue weighted by atomic mass is 16.3. The van der Waals surface area contributed by atoms with Gasteiger partial charge in [-0.3, -0.25) is 4.90 Å². The van der Waals surface area contributed by atoms with Crippen molar-refractivity contribution in [1.82, 2.24) is 14.5 Å². The quantitative estimate of drug-likeness (QED) is 0.848. The van der Waals surface area contributed by atoms with Gasteiger partial charge in [-0.1, -0.05) is 43.7 Å². The Kier molecular flexibility index (Phi) is 5.69. The second-order valence-corrected chi connectivity index (χ2v) is 7.22. The van der Waals surface area contributed by atoms with Gasteiger partial charge in [0.25, 0.3) is 0 Å². The lowest BCUT2D eigenvalue weighted by atomic mass is 9.77. The molecule has 2 aromatic rings. The molecule has 1 fully saturated rings. The Labute approximate surface area is 145 Å². The van der Waals surface area contributed by atoms with Crippen molar-refractivity contribution in [2.24, 2.45) is 5.41 Å². The molecule has 3 rings (SSSR count). The van der Waals surface area contributed by atoms with Gasteiger partial charge in [0.2, 0.25) is 0 Å². The second-order valence-electron chi connectivity index (χ2n) is 7.22. The van der Waals surface area contributed by atoms with Crippen molar-refractivity contribution in [3.8, 4) is 0 Å². The summed E-state index contributed by atoms with van der Waals surface area (Å²) in [5, 5.41) is 9.92. The van der Waals surface area contributed by atoms with Gasteiger partial charge in [0.1, 0.15) is 0 Å². The molecule has 0 spiro atoms. The Morgan fingerprint density at radius 1 is 1.21 bits per heavy atom. The van der Waals surface area contributed by atoms with Crippen LogP contribution in [0, 0.1) is 5.41 Å². The molecule has 4 heteroatoms. The van der Waals surface area contributed by atoms with Crippen LogP contribution in [0.3, 0.4) is 0 Å². The van der Waals surface area contributed by atoms with Crippen LogP contribution in [0.5, 0.6) is 0 Å². The van der Waals surface area contributed by atoms with Crippen LogP contribution in [0.1, 0.15) is 43.9 Å². The molecule has 130 valence electrons. The van der Waals surface area contributed by atoms with Gasteiger partial charge in [0.15, 0.2) is 0 Å². The summed E-state index contributed by atoms with van der Waals surface area (Å²) in [6.45, 7) is 6.41. The van der Waals surface area contributed by atoms with Crippen molar-refractivity contribution >= 4 is 0 Å². The lowest BCUT2D eigenvalue weighted by molar-refractivity contribution is 0.0208. The van der Waals surface area contributed by atoms with E-state index in [0.29, 0.717) is 6.61 Å². The van der Waals surface area contributed by atoms with Crippen LogP contribution < -0.4 is 0 Å². The Morgan fingerprint density at radius 2 is 2.04 bits per heavy atom. The third-order valence-corrected chi connectivity index (χ3v) is 5.24. The largest absolute Gasteiger partial charge is 0.396 e. The summed E-state index contributed by atoms with van der Waals surface area (Å²) in [5.41, 5.74) is 2.65. The average Bonchev–Trinajstić information content (AvgIpc) is 3.03. The van der Waals surface area contributed by atoms with Crippen LogP contribution >= 0.6 is 0 Å². The lowest BCUT2D eigenvalue weighted by Crippen LogP contribution is -2.45. The molecule has 1 atom stereocenters. The molecule has 0 bridgehead atoms. The molecular weight excluding hydrogens is 298 g/mol. The highest BCUT2D eigenvalue weighted by Crippen LogP contribution is 2.34.